The maximum Gasteiger partial charge on any atom is 0.249 e. The van der Waals surface area contributed by atoms with Gasteiger partial charge >= 0.3 is 0 Å². The molecule has 1 aliphatic rings. The van der Waals surface area contributed by atoms with Gasteiger partial charge < -0.3 is 24.6 Å². The molecule has 3 N–H and O–H groups in total. The number of unbranched alkanes of at least 4 members (excludes halogenated alkanes) is 1. The van der Waals surface area contributed by atoms with Gasteiger partial charge in [-0.1, -0.05) is 23.4 Å². The Kier molecular flexibility index (Phi) is 6.13. The zero-order valence-electron chi connectivity index (χ0n) is 17.1. The number of methoxy groups -OCH3 is 1. The first kappa shape index (κ1) is 20.2. The summed E-state index contributed by atoms with van der Waals surface area (Å²) in [5.74, 6) is 1.95. The van der Waals surface area contributed by atoms with Crippen LogP contribution in [0.5, 0.6) is 5.75 Å². The van der Waals surface area contributed by atoms with Gasteiger partial charge in [-0.25, -0.2) is 0 Å². The summed E-state index contributed by atoms with van der Waals surface area (Å²) < 4.78 is 16.4. The van der Waals surface area contributed by atoms with Crippen molar-refractivity contribution in [3.05, 3.63) is 42.3 Å². The summed E-state index contributed by atoms with van der Waals surface area (Å²) in [6.07, 6.45) is 3.76. The Bertz CT molecular complexity index is 1020. The first-order chi connectivity index (χ1) is 14.7. The fourth-order valence-corrected chi connectivity index (χ4v) is 3.79. The number of rotatable bonds is 8. The van der Waals surface area contributed by atoms with Gasteiger partial charge in [0.1, 0.15) is 11.8 Å². The fourth-order valence-electron chi connectivity index (χ4n) is 3.79. The van der Waals surface area contributed by atoms with Crippen molar-refractivity contribution in [3.8, 4) is 17.1 Å². The van der Waals surface area contributed by atoms with Gasteiger partial charge in [0.2, 0.25) is 11.7 Å². The standard InChI is InChI=1S/C22H27N5O3/c1-28-11-2-3-12-29-18-9-8-15-13-17(7-6-16(15)14-18)20-25-21(30-26-20)19-5-4-10-27(19)22(23)24/h6-9,13-14,19H,2-5,10-12H2,1H3,(H3,23,24). The Morgan fingerprint density at radius 3 is 2.83 bits per heavy atom. The van der Waals surface area contributed by atoms with Crippen molar-refractivity contribution in [3.63, 3.8) is 0 Å². The van der Waals surface area contributed by atoms with Gasteiger partial charge in [0.25, 0.3) is 0 Å². The summed E-state index contributed by atoms with van der Waals surface area (Å²) in [5, 5.41) is 14.0. The first-order valence-electron chi connectivity index (χ1n) is 10.3. The summed E-state index contributed by atoms with van der Waals surface area (Å²) in [6, 6.07) is 12.0. The highest BCUT2D eigenvalue weighted by Crippen LogP contribution is 2.32. The molecule has 0 radical (unpaired) electrons. The monoisotopic (exact) mass is 409 g/mol. The zero-order valence-corrected chi connectivity index (χ0v) is 17.1. The SMILES string of the molecule is COCCCCOc1ccc2cc(-c3noc(C4CCCN4C(=N)N)n3)ccc2c1. The van der Waals surface area contributed by atoms with E-state index in [-0.39, 0.29) is 12.0 Å². The molecule has 3 aromatic rings. The quantitative estimate of drug-likeness (QED) is 0.331. The third-order valence-electron chi connectivity index (χ3n) is 5.37. The number of hydrogen-bond donors (Lipinski definition) is 2. The molecule has 1 fully saturated rings. The molecule has 0 aliphatic carbocycles. The second-order valence-electron chi connectivity index (χ2n) is 7.46. The Morgan fingerprint density at radius 2 is 2.00 bits per heavy atom. The molecular weight excluding hydrogens is 382 g/mol. The Hall–Kier alpha value is -3.13. The lowest BCUT2D eigenvalue weighted by Gasteiger charge is -2.21. The van der Waals surface area contributed by atoms with Crippen LogP contribution in [-0.2, 0) is 4.74 Å². The van der Waals surface area contributed by atoms with E-state index in [9.17, 15) is 0 Å². The van der Waals surface area contributed by atoms with Crippen LogP contribution >= 0.6 is 0 Å². The van der Waals surface area contributed by atoms with E-state index in [0.717, 1.165) is 60.9 Å². The third-order valence-corrected chi connectivity index (χ3v) is 5.37. The number of nitrogens with two attached hydrogens (primary N) is 1. The van der Waals surface area contributed by atoms with E-state index in [0.29, 0.717) is 18.3 Å². The summed E-state index contributed by atoms with van der Waals surface area (Å²) in [6.45, 7) is 2.18. The lowest BCUT2D eigenvalue weighted by Crippen LogP contribution is -2.35. The van der Waals surface area contributed by atoms with Crippen LogP contribution in [0.4, 0.5) is 0 Å². The molecule has 1 aromatic heterocycles. The van der Waals surface area contributed by atoms with Crippen LogP contribution in [0.25, 0.3) is 22.2 Å². The van der Waals surface area contributed by atoms with E-state index in [2.05, 4.69) is 10.1 Å². The Labute approximate surface area is 175 Å². The Morgan fingerprint density at radius 1 is 1.20 bits per heavy atom. The first-order valence-corrected chi connectivity index (χ1v) is 10.3. The number of likely N-dealkylation sites (tertiary alicyclic amines) is 1. The number of ether oxygens (including phenoxy) is 2. The molecule has 0 saturated carbocycles. The van der Waals surface area contributed by atoms with E-state index in [1.807, 2.05) is 36.4 Å². The highest BCUT2D eigenvalue weighted by Gasteiger charge is 2.31. The normalized spacial score (nSPS) is 16.3. The smallest absolute Gasteiger partial charge is 0.249 e. The fraction of sp³-hybridized carbons (Fsp3) is 0.409. The average molecular weight is 409 g/mol. The van der Waals surface area contributed by atoms with Crippen LogP contribution in [0, 0.1) is 5.41 Å². The molecule has 30 heavy (non-hydrogen) atoms. The van der Waals surface area contributed by atoms with E-state index >= 15 is 0 Å². The molecule has 1 saturated heterocycles. The van der Waals surface area contributed by atoms with Gasteiger partial charge in [0.05, 0.1) is 6.61 Å². The van der Waals surface area contributed by atoms with Gasteiger partial charge in [0.15, 0.2) is 5.96 Å². The van der Waals surface area contributed by atoms with Crippen LogP contribution in [0.2, 0.25) is 0 Å². The lowest BCUT2D eigenvalue weighted by atomic mass is 10.1. The van der Waals surface area contributed by atoms with Crippen molar-refractivity contribution >= 4 is 16.7 Å². The molecule has 0 amide bonds. The number of nitrogens with zero attached hydrogens (tertiary/aromatic N) is 3. The minimum atomic E-state index is -0.118. The summed E-state index contributed by atoms with van der Waals surface area (Å²) >= 11 is 0. The molecule has 4 rings (SSSR count). The van der Waals surface area contributed by atoms with Gasteiger partial charge in [-0.15, -0.1) is 0 Å². The summed E-state index contributed by atoms with van der Waals surface area (Å²) in [5.41, 5.74) is 6.56. The molecule has 1 atom stereocenters. The molecule has 158 valence electrons. The minimum Gasteiger partial charge on any atom is -0.494 e. The largest absolute Gasteiger partial charge is 0.494 e. The number of nitrogens with one attached hydrogen (secondary N) is 1. The zero-order chi connectivity index (χ0) is 20.9. The molecule has 0 spiro atoms. The second kappa shape index (κ2) is 9.13. The summed E-state index contributed by atoms with van der Waals surface area (Å²) in [4.78, 5) is 6.38. The molecule has 2 heterocycles. The maximum absolute atomic E-state index is 7.72. The molecule has 0 bridgehead atoms. The van der Waals surface area contributed by atoms with E-state index in [4.69, 9.17) is 25.1 Å². The number of aromatic nitrogens is 2. The molecule has 1 aliphatic heterocycles. The van der Waals surface area contributed by atoms with Crippen molar-refractivity contribution in [1.82, 2.24) is 15.0 Å². The lowest BCUT2D eigenvalue weighted by molar-refractivity contribution is 0.184. The average Bonchev–Trinajstić information content (AvgIpc) is 3.42. The van der Waals surface area contributed by atoms with E-state index in [1.165, 1.54) is 0 Å². The molecule has 1 unspecified atom stereocenters. The van der Waals surface area contributed by atoms with Gasteiger partial charge in [-0.3, -0.25) is 5.41 Å². The van der Waals surface area contributed by atoms with Crippen molar-refractivity contribution < 1.29 is 14.0 Å². The van der Waals surface area contributed by atoms with Crippen LogP contribution in [0.1, 0.15) is 37.6 Å². The van der Waals surface area contributed by atoms with Gasteiger partial charge in [-0.05, 0) is 54.7 Å². The van der Waals surface area contributed by atoms with Crippen LogP contribution < -0.4 is 10.5 Å². The van der Waals surface area contributed by atoms with Crippen molar-refractivity contribution in [2.75, 3.05) is 26.9 Å². The molecular formula is C22H27N5O3. The number of benzene rings is 2. The predicted octanol–water partition coefficient (Wildman–Crippen LogP) is 3.73. The second-order valence-corrected chi connectivity index (χ2v) is 7.46. The topological polar surface area (TPSA) is 110 Å². The van der Waals surface area contributed by atoms with E-state index in [1.54, 1.807) is 12.0 Å². The number of hydrogen-bond acceptors (Lipinski definition) is 6. The highest BCUT2D eigenvalue weighted by atomic mass is 16.5. The van der Waals surface area contributed by atoms with Crippen LogP contribution in [-0.4, -0.2) is 47.9 Å². The third kappa shape index (κ3) is 4.38. The summed E-state index contributed by atoms with van der Waals surface area (Å²) in [7, 11) is 1.71. The van der Waals surface area contributed by atoms with Crippen molar-refractivity contribution in [2.45, 2.75) is 31.7 Å². The number of fused-ring (bicyclic) bond motifs is 1. The van der Waals surface area contributed by atoms with Gasteiger partial charge in [0, 0.05) is 25.8 Å². The van der Waals surface area contributed by atoms with Crippen LogP contribution in [0.15, 0.2) is 40.9 Å². The van der Waals surface area contributed by atoms with Crippen molar-refractivity contribution in [1.29, 1.82) is 5.41 Å². The van der Waals surface area contributed by atoms with E-state index < -0.39 is 0 Å². The molecule has 8 nitrogen and oxygen atoms in total. The minimum absolute atomic E-state index is 0.0414. The van der Waals surface area contributed by atoms with Crippen molar-refractivity contribution in [2.24, 2.45) is 5.73 Å². The number of guanidine groups is 1. The maximum atomic E-state index is 7.72. The predicted molar refractivity (Wildman–Crippen MR) is 114 cm³/mol. The highest BCUT2D eigenvalue weighted by molar-refractivity contribution is 5.87. The molecule has 8 heteroatoms. The molecule has 2 aromatic carbocycles. The van der Waals surface area contributed by atoms with Gasteiger partial charge in [-0.2, -0.15) is 4.98 Å². The van der Waals surface area contributed by atoms with Crippen LogP contribution in [0.3, 0.4) is 0 Å². The Balaban J connectivity index is 1.47.